The Morgan fingerprint density at radius 1 is 1.29 bits per heavy atom. The van der Waals surface area contributed by atoms with Crippen molar-refractivity contribution >= 4 is 23.3 Å². The molecular weight excluding hydrogens is 343 g/mol. The van der Waals surface area contributed by atoms with Crippen LogP contribution in [0.4, 0.5) is 19.0 Å². The second kappa shape index (κ2) is 6.04. The summed E-state index contributed by atoms with van der Waals surface area (Å²) < 4.78 is 44.3. The van der Waals surface area contributed by atoms with Crippen LogP contribution < -0.4 is 5.32 Å². The number of aromatic nitrogens is 4. The lowest BCUT2D eigenvalue weighted by Crippen LogP contribution is -2.16. The van der Waals surface area contributed by atoms with Crippen LogP contribution in [0, 0.1) is 6.92 Å². The molecule has 0 saturated heterocycles. The average molecular weight is 353 g/mol. The maximum atomic E-state index is 13.2. The van der Waals surface area contributed by atoms with Crippen molar-refractivity contribution in [3.8, 4) is 5.69 Å². The van der Waals surface area contributed by atoms with Gasteiger partial charge in [0.25, 0.3) is 5.91 Å². The molecule has 0 aliphatic carbocycles. The van der Waals surface area contributed by atoms with E-state index in [9.17, 15) is 18.0 Å². The van der Waals surface area contributed by atoms with Crippen molar-refractivity contribution in [2.75, 3.05) is 5.32 Å². The molecule has 2 heterocycles. The molecule has 6 nitrogen and oxygen atoms in total. The van der Waals surface area contributed by atoms with Crippen molar-refractivity contribution in [2.45, 2.75) is 13.1 Å². The normalized spacial score (nSPS) is 11.5. The molecule has 0 unspecified atom stereocenters. The smallest absolute Gasteiger partial charge is 0.306 e. The number of benzene rings is 1. The number of amides is 1. The summed E-state index contributed by atoms with van der Waals surface area (Å²) in [6.45, 7) is 1.62. The molecule has 0 atom stereocenters. The summed E-state index contributed by atoms with van der Waals surface area (Å²) in [6, 6.07) is 6.51. The number of nitrogens with zero attached hydrogens (tertiary/aromatic N) is 4. The Bertz CT molecular complexity index is 873. The average Bonchev–Trinajstić information content (AvgIpc) is 3.16. The molecule has 1 amide bonds. The van der Waals surface area contributed by atoms with Gasteiger partial charge in [-0.3, -0.25) is 4.79 Å². The van der Waals surface area contributed by atoms with E-state index in [1.54, 1.807) is 6.92 Å². The monoisotopic (exact) mass is 353 g/mol. The maximum absolute atomic E-state index is 13.2. The molecule has 0 aliphatic rings. The van der Waals surface area contributed by atoms with E-state index < -0.39 is 17.6 Å². The first-order valence-electron chi connectivity index (χ1n) is 6.68. The third kappa shape index (κ3) is 3.13. The lowest BCUT2D eigenvalue weighted by molar-refractivity contribution is -0.137. The van der Waals surface area contributed by atoms with E-state index in [0.29, 0.717) is 5.69 Å². The highest BCUT2D eigenvalue weighted by Crippen LogP contribution is 2.34. The van der Waals surface area contributed by atoms with E-state index >= 15 is 0 Å². The molecule has 0 radical (unpaired) electrons. The van der Waals surface area contributed by atoms with Gasteiger partial charge in [0.15, 0.2) is 0 Å². The molecule has 3 aromatic rings. The summed E-state index contributed by atoms with van der Waals surface area (Å²) in [5.41, 5.74) is -0.552. The molecule has 10 heteroatoms. The Kier molecular flexibility index (Phi) is 4.06. The Morgan fingerprint density at radius 2 is 2.04 bits per heavy atom. The minimum atomic E-state index is -4.54. The third-order valence-electron chi connectivity index (χ3n) is 3.10. The first-order chi connectivity index (χ1) is 11.4. The number of alkyl halides is 3. The number of para-hydroxylation sites is 1. The van der Waals surface area contributed by atoms with Gasteiger partial charge in [-0.2, -0.15) is 18.3 Å². The molecule has 2 aromatic heterocycles. The van der Waals surface area contributed by atoms with Gasteiger partial charge >= 0.3 is 6.18 Å². The van der Waals surface area contributed by atoms with Crippen molar-refractivity contribution in [3.63, 3.8) is 0 Å². The number of carbonyl (C=O) groups is 1. The number of hydrogen-bond acceptors (Lipinski definition) is 5. The first kappa shape index (κ1) is 16.1. The molecule has 0 bridgehead atoms. The van der Waals surface area contributed by atoms with Crippen molar-refractivity contribution in [2.24, 2.45) is 0 Å². The van der Waals surface area contributed by atoms with Crippen LogP contribution in [0.2, 0.25) is 0 Å². The van der Waals surface area contributed by atoms with Crippen LogP contribution in [-0.2, 0) is 6.18 Å². The van der Waals surface area contributed by atoms with E-state index in [1.165, 1.54) is 30.5 Å². The number of carbonyl (C=O) groups excluding carboxylic acids is 1. The lowest BCUT2D eigenvalue weighted by atomic mass is 10.1. The van der Waals surface area contributed by atoms with Gasteiger partial charge in [-0.1, -0.05) is 16.6 Å². The van der Waals surface area contributed by atoms with E-state index in [0.717, 1.165) is 22.3 Å². The summed E-state index contributed by atoms with van der Waals surface area (Å²) in [5.74, 6) is -0.391. The second-order valence-electron chi connectivity index (χ2n) is 4.83. The van der Waals surface area contributed by atoms with Crippen LogP contribution in [-0.4, -0.2) is 25.3 Å². The predicted octanol–water partition coefficient (Wildman–Crippen LogP) is 3.30. The number of rotatable bonds is 3. The van der Waals surface area contributed by atoms with Crippen LogP contribution in [0.3, 0.4) is 0 Å². The van der Waals surface area contributed by atoms with Gasteiger partial charge in [-0.25, -0.2) is 4.68 Å². The molecule has 1 N–H and O–H groups in total. The largest absolute Gasteiger partial charge is 0.418 e. The van der Waals surface area contributed by atoms with E-state index in [2.05, 4.69) is 20.0 Å². The van der Waals surface area contributed by atoms with Crippen molar-refractivity contribution in [1.82, 2.24) is 19.4 Å². The summed E-state index contributed by atoms with van der Waals surface area (Å²) in [6.07, 6.45) is -3.27. The standard InChI is InChI=1S/C14H10F3N5OS/c1-8-6-12(19-13(23)11-7-18-21-24-11)22(20-8)10-5-3-2-4-9(10)14(15,16)17/h2-7H,1H3,(H,19,23). The van der Waals surface area contributed by atoms with Crippen molar-refractivity contribution < 1.29 is 18.0 Å². The highest BCUT2D eigenvalue weighted by Gasteiger charge is 2.34. The summed E-state index contributed by atoms with van der Waals surface area (Å²) in [4.78, 5) is 12.3. The SMILES string of the molecule is Cc1cc(NC(=O)c2cnns2)n(-c2ccccc2C(F)(F)F)n1. The quantitative estimate of drug-likeness (QED) is 0.784. The Morgan fingerprint density at radius 3 is 2.71 bits per heavy atom. The molecular formula is C14H10F3N5OS. The lowest BCUT2D eigenvalue weighted by Gasteiger charge is -2.14. The van der Waals surface area contributed by atoms with Gasteiger partial charge in [0.2, 0.25) is 0 Å². The summed E-state index contributed by atoms with van der Waals surface area (Å²) >= 11 is 0.883. The Hall–Kier alpha value is -2.75. The van der Waals surface area contributed by atoms with Gasteiger partial charge < -0.3 is 5.32 Å². The zero-order chi connectivity index (χ0) is 17.3. The fraction of sp³-hybridized carbons (Fsp3) is 0.143. The molecule has 24 heavy (non-hydrogen) atoms. The van der Waals surface area contributed by atoms with Gasteiger partial charge in [0.1, 0.15) is 10.7 Å². The Balaban J connectivity index is 2.03. The number of nitrogens with one attached hydrogen (secondary N) is 1. The van der Waals surface area contributed by atoms with Crippen LogP contribution in [0.5, 0.6) is 0 Å². The summed E-state index contributed by atoms with van der Waals surface area (Å²) in [5, 5.41) is 10.2. The highest BCUT2D eigenvalue weighted by molar-refractivity contribution is 7.07. The molecule has 1 aromatic carbocycles. The van der Waals surface area contributed by atoms with Crippen molar-refractivity contribution in [3.05, 3.63) is 52.7 Å². The highest BCUT2D eigenvalue weighted by atomic mass is 32.1. The van der Waals surface area contributed by atoms with Gasteiger partial charge in [0, 0.05) is 6.07 Å². The van der Waals surface area contributed by atoms with Crippen LogP contribution >= 0.6 is 11.5 Å². The third-order valence-corrected chi connectivity index (χ3v) is 3.76. The van der Waals surface area contributed by atoms with Gasteiger partial charge in [-0.05, 0) is 30.6 Å². The molecule has 0 spiro atoms. The second-order valence-corrected chi connectivity index (χ2v) is 5.62. The number of hydrogen-bond donors (Lipinski definition) is 1. The number of anilines is 1. The predicted molar refractivity (Wildman–Crippen MR) is 81.2 cm³/mol. The van der Waals surface area contributed by atoms with Crippen molar-refractivity contribution in [1.29, 1.82) is 0 Å². The fourth-order valence-corrected chi connectivity index (χ4v) is 2.53. The van der Waals surface area contributed by atoms with Gasteiger partial charge in [0.05, 0.1) is 23.1 Å². The van der Waals surface area contributed by atoms with E-state index in [-0.39, 0.29) is 16.4 Å². The van der Waals surface area contributed by atoms with Crippen LogP contribution in [0.25, 0.3) is 5.69 Å². The zero-order valence-corrected chi connectivity index (χ0v) is 13.0. The Labute approximate surface area is 138 Å². The van der Waals surface area contributed by atoms with Gasteiger partial charge in [-0.15, -0.1) is 5.10 Å². The number of halogens is 3. The first-order valence-corrected chi connectivity index (χ1v) is 7.45. The van der Waals surface area contributed by atoms with E-state index in [1.807, 2.05) is 0 Å². The topological polar surface area (TPSA) is 72.7 Å². The van der Waals surface area contributed by atoms with Crippen LogP contribution in [0.15, 0.2) is 36.5 Å². The number of aryl methyl sites for hydroxylation is 1. The molecule has 0 saturated carbocycles. The minimum Gasteiger partial charge on any atom is -0.306 e. The maximum Gasteiger partial charge on any atom is 0.418 e. The zero-order valence-electron chi connectivity index (χ0n) is 12.2. The molecule has 124 valence electrons. The summed E-state index contributed by atoms with van der Waals surface area (Å²) in [7, 11) is 0. The van der Waals surface area contributed by atoms with E-state index in [4.69, 9.17) is 0 Å². The minimum absolute atomic E-state index is 0.127. The molecule has 3 rings (SSSR count). The van der Waals surface area contributed by atoms with Crippen LogP contribution in [0.1, 0.15) is 20.9 Å². The molecule has 0 aliphatic heterocycles. The fourth-order valence-electron chi connectivity index (χ4n) is 2.12. The molecule has 0 fully saturated rings.